The van der Waals surface area contributed by atoms with Crippen LogP contribution in [0.1, 0.15) is 0 Å². The molecular formula is C42H24N8O. The minimum Gasteiger partial charge on any atom is -0.451 e. The van der Waals surface area contributed by atoms with Crippen LogP contribution < -0.4 is 0 Å². The van der Waals surface area contributed by atoms with E-state index in [0.717, 1.165) is 65.8 Å². The van der Waals surface area contributed by atoms with Crippen LogP contribution >= 0.6 is 0 Å². The molecule has 0 aliphatic carbocycles. The predicted molar refractivity (Wildman–Crippen MR) is 200 cm³/mol. The average Bonchev–Trinajstić information content (AvgIpc) is 3.87. The number of benzene rings is 2. The predicted octanol–water partition coefficient (Wildman–Crippen LogP) is 9.48. The highest BCUT2D eigenvalue weighted by molar-refractivity contribution is 6.18. The van der Waals surface area contributed by atoms with Crippen LogP contribution in [0.5, 0.6) is 0 Å². The third kappa shape index (κ3) is 3.91. The molecule has 11 rings (SSSR count). The Kier molecular flexibility index (Phi) is 5.76. The number of furan rings is 1. The molecule has 9 heteroatoms. The minimum absolute atomic E-state index is 0.629. The fourth-order valence-corrected chi connectivity index (χ4v) is 7.62. The van der Waals surface area contributed by atoms with Gasteiger partial charge in [-0.05, 0) is 60.7 Å². The minimum atomic E-state index is 0.629. The van der Waals surface area contributed by atoms with Gasteiger partial charge in [-0.2, -0.15) is 0 Å². The molecule has 238 valence electrons. The van der Waals surface area contributed by atoms with E-state index in [1.165, 1.54) is 0 Å². The molecule has 11 aromatic rings. The molecule has 2 aromatic carbocycles. The molecule has 0 aliphatic heterocycles. The summed E-state index contributed by atoms with van der Waals surface area (Å²) in [7, 11) is 0. The number of hydrogen-bond donors (Lipinski definition) is 0. The maximum Gasteiger partial charge on any atom is 0.163 e. The zero-order valence-electron chi connectivity index (χ0n) is 26.8. The van der Waals surface area contributed by atoms with Crippen molar-refractivity contribution in [1.82, 2.24) is 39.0 Å². The number of pyridine rings is 6. The van der Waals surface area contributed by atoms with E-state index in [2.05, 4.69) is 55.5 Å². The quantitative estimate of drug-likeness (QED) is 0.186. The molecule has 0 saturated heterocycles. The third-order valence-electron chi connectivity index (χ3n) is 9.74. The van der Waals surface area contributed by atoms with Crippen molar-refractivity contribution in [3.63, 3.8) is 0 Å². The topological polar surface area (TPSA) is 100 Å². The lowest BCUT2D eigenvalue weighted by Crippen LogP contribution is -1.97. The molecule has 0 atom stereocenters. The molecule has 51 heavy (non-hydrogen) atoms. The van der Waals surface area contributed by atoms with Crippen LogP contribution in [-0.4, -0.2) is 39.0 Å². The molecule has 0 aliphatic rings. The highest BCUT2D eigenvalue weighted by atomic mass is 16.3. The first-order valence-electron chi connectivity index (χ1n) is 16.6. The van der Waals surface area contributed by atoms with Gasteiger partial charge in [0.25, 0.3) is 0 Å². The third-order valence-corrected chi connectivity index (χ3v) is 9.74. The van der Waals surface area contributed by atoms with Gasteiger partial charge in [-0.3, -0.25) is 29.9 Å². The molecule has 9 heterocycles. The van der Waals surface area contributed by atoms with Gasteiger partial charge >= 0.3 is 0 Å². The van der Waals surface area contributed by atoms with Crippen molar-refractivity contribution < 1.29 is 4.42 Å². The van der Waals surface area contributed by atoms with Crippen molar-refractivity contribution in [2.45, 2.75) is 0 Å². The first kappa shape index (κ1) is 27.7. The maximum atomic E-state index is 6.91. The number of nitrogens with zero attached hydrogens (tertiary/aromatic N) is 8. The summed E-state index contributed by atoms with van der Waals surface area (Å²) < 4.78 is 11.3. The lowest BCUT2D eigenvalue weighted by atomic mass is 10.1. The summed E-state index contributed by atoms with van der Waals surface area (Å²) in [5.41, 5.74) is 9.81. The zero-order valence-corrected chi connectivity index (χ0v) is 26.8. The van der Waals surface area contributed by atoms with Crippen LogP contribution in [-0.2, 0) is 0 Å². The van der Waals surface area contributed by atoms with E-state index in [4.69, 9.17) is 24.4 Å². The van der Waals surface area contributed by atoms with Crippen LogP contribution in [0.3, 0.4) is 0 Å². The summed E-state index contributed by atoms with van der Waals surface area (Å²) in [5, 5.41) is 6.11. The fraction of sp³-hybridized carbons (Fsp3) is 0. The molecule has 9 aromatic heterocycles. The largest absolute Gasteiger partial charge is 0.451 e. The van der Waals surface area contributed by atoms with Gasteiger partial charge in [0.2, 0.25) is 0 Å². The van der Waals surface area contributed by atoms with Gasteiger partial charge in [0.05, 0.1) is 34.5 Å². The van der Waals surface area contributed by atoms with Crippen LogP contribution in [0.4, 0.5) is 0 Å². The lowest BCUT2D eigenvalue weighted by Gasteiger charge is -2.10. The van der Waals surface area contributed by atoms with Crippen LogP contribution in [0.2, 0.25) is 0 Å². The van der Waals surface area contributed by atoms with Crippen LogP contribution in [0, 0.1) is 0 Å². The highest BCUT2D eigenvalue weighted by Crippen LogP contribution is 2.43. The monoisotopic (exact) mass is 656 g/mol. The van der Waals surface area contributed by atoms with Crippen molar-refractivity contribution in [2.75, 3.05) is 0 Å². The normalized spacial score (nSPS) is 11.9. The second kappa shape index (κ2) is 10.6. The second-order valence-corrected chi connectivity index (χ2v) is 12.4. The summed E-state index contributed by atoms with van der Waals surface area (Å²) >= 11 is 0. The Bertz CT molecular complexity index is 2930. The number of fused-ring (bicyclic) bond motifs is 9. The van der Waals surface area contributed by atoms with E-state index >= 15 is 0 Å². The van der Waals surface area contributed by atoms with Crippen molar-refractivity contribution in [3.05, 3.63) is 147 Å². The Morgan fingerprint density at radius 1 is 0.373 bits per heavy atom. The standard InChI is InChI=1S/C42H24N8O/c1-3-7-25(8-4-1)49-33-23-43-17-11-27(33)29-13-19-45-35(39(29)49)37-41-31(15-21-47-37)32-16-22-48-38(42(32)51-41)36-40-30(14-20-46-36)28-12-18-44-24-34(28)50(40)26-9-5-2-6-10-26/h1-24H. The highest BCUT2D eigenvalue weighted by Gasteiger charge is 2.25. The molecule has 0 radical (unpaired) electrons. The SMILES string of the molecule is c1ccc(-n2c3cnccc3c3ccnc(-c4nccc5c4oc4c(-c6nccc7c8ccncc8n(-c8ccccc8)c67)nccc45)c32)cc1. The molecule has 0 saturated carbocycles. The van der Waals surface area contributed by atoms with Gasteiger partial charge in [0, 0.05) is 80.9 Å². The number of aromatic nitrogens is 8. The van der Waals surface area contributed by atoms with E-state index in [1.807, 2.05) is 110 Å². The van der Waals surface area contributed by atoms with Crippen molar-refractivity contribution in [1.29, 1.82) is 0 Å². The maximum absolute atomic E-state index is 6.91. The Morgan fingerprint density at radius 3 is 1.22 bits per heavy atom. The molecule has 0 N–H and O–H groups in total. The van der Waals surface area contributed by atoms with Gasteiger partial charge < -0.3 is 13.6 Å². The van der Waals surface area contributed by atoms with E-state index in [9.17, 15) is 0 Å². The van der Waals surface area contributed by atoms with E-state index in [-0.39, 0.29) is 0 Å². The Hall–Kier alpha value is -7.26. The zero-order chi connectivity index (χ0) is 33.5. The first-order chi connectivity index (χ1) is 25.3. The first-order valence-corrected chi connectivity index (χ1v) is 16.6. The molecule has 0 spiro atoms. The van der Waals surface area contributed by atoms with Crippen LogP contribution in [0.25, 0.3) is 99.7 Å². The number of para-hydroxylation sites is 2. The molecule has 0 amide bonds. The molecule has 9 nitrogen and oxygen atoms in total. The van der Waals surface area contributed by atoms with Gasteiger partial charge in [0.15, 0.2) is 11.2 Å². The van der Waals surface area contributed by atoms with Crippen molar-refractivity contribution in [2.24, 2.45) is 0 Å². The van der Waals surface area contributed by atoms with Crippen molar-refractivity contribution >= 4 is 65.6 Å². The summed E-state index contributed by atoms with van der Waals surface area (Å²) in [5.74, 6) is 0. The van der Waals surface area contributed by atoms with E-state index < -0.39 is 0 Å². The Labute approximate surface area is 289 Å². The number of hydrogen-bond acceptors (Lipinski definition) is 7. The van der Waals surface area contributed by atoms with Gasteiger partial charge in [-0.25, -0.2) is 0 Å². The smallest absolute Gasteiger partial charge is 0.163 e. The van der Waals surface area contributed by atoms with Gasteiger partial charge in [0.1, 0.15) is 22.8 Å². The fourth-order valence-electron chi connectivity index (χ4n) is 7.62. The molecular weight excluding hydrogens is 633 g/mol. The summed E-state index contributed by atoms with van der Waals surface area (Å²) in [6.45, 7) is 0. The van der Waals surface area contributed by atoms with Gasteiger partial charge in [-0.1, -0.05) is 36.4 Å². The second-order valence-electron chi connectivity index (χ2n) is 12.4. The number of rotatable bonds is 4. The summed E-state index contributed by atoms with van der Waals surface area (Å²) in [6.07, 6.45) is 14.8. The average molecular weight is 657 g/mol. The summed E-state index contributed by atoms with van der Waals surface area (Å²) in [4.78, 5) is 28.8. The Balaban J connectivity index is 1.22. The lowest BCUT2D eigenvalue weighted by molar-refractivity contribution is 0.667. The molecule has 0 bridgehead atoms. The van der Waals surface area contributed by atoms with Crippen LogP contribution in [0.15, 0.2) is 151 Å². The Morgan fingerprint density at radius 2 is 0.765 bits per heavy atom. The van der Waals surface area contributed by atoms with E-state index in [0.29, 0.717) is 33.9 Å². The van der Waals surface area contributed by atoms with Crippen molar-refractivity contribution in [3.8, 4) is 34.2 Å². The molecule has 0 fully saturated rings. The summed E-state index contributed by atoms with van der Waals surface area (Å²) in [6, 6.07) is 32.7. The molecule has 0 unspecified atom stereocenters. The van der Waals surface area contributed by atoms with Gasteiger partial charge in [-0.15, -0.1) is 0 Å². The van der Waals surface area contributed by atoms with E-state index in [1.54, 1.807) is 0 Å².